The lowest BCUT2D eigenvalue weighted by atomic mass is 9.59. The molecule has 1 aliphatic carbocycles. The van der Waals surface area contributed by atoms with E-state index in [1.54, 1.807) is 12.3 Å². The van der Waals surface area contributed by atoms with Gasteiger partial charge < -0.3 is 15.0 Å². The Kier molecular flexibility index (Phi) is 4.61. The predicted molar refractivity (Wildman–Crippen MR) is 84.8 cm³/mol. The van der Waals surface area contributed by atoms with Gasteiger partial charge in [0.25, 0.3) is 5.91 Å². The molecule has 1 N–H and O–H groups in total. The molecule has 23 heavy (non-hydrogen) atoms. The Morgan fingerprint density at radius 3 is 2.70 bits per heavy atom. The zero-order chi connectivity index (χ0) is 16.3. The Morgan fingerprint density at radius 1 is 1.35 bits per heavy atom. The van der Waals surface area contributed by atoms with Gasteiger partial charge in [-0.25, -0.2) is 0 Å². The van der Waals surface area contributed by atoms with E-state index < -0.39 is 0 Å². The third-order valence-electron chi connectivity index (χ3n) is 5.21. The standard InChI is InChI=1S/C17H23N3O3/c1-23-12-15(21)19-14-5-6-17(14)7-10-20(11-8-17)16(22)13-4-2-3-9-18-13/h2-4,9,14H,5-8,10-12H2,1H3,(H,19,21). The second-order valence-corrected chi connectivity index (χ2v) is 6.46. The summed E-state index contributed by atoms with van der Waals surface area (Å²) in [7, 11) is 1.53. The summed E-state index contributed by atoms with van der Waals surface area (Å²) in [5.74, 6) is -0.0525. The number of hydrogen-bond acceptors (Lipinski definition) is 4. The van der Waals surface area contributed by atoms with E-state index in [1.165, 1.54) is 7.11 Å². The molecule has 1 aromatic rings. The van der Waals surface area contributed by atoms with E-state index in [0.29, 0.717) is 5.69 Å². The van der Waals surface area contributed by atoms with E-state index in [9.17, 15) is 9.59 Å². The van der Waals surface area contributed by atoms with Crippen molar-refractivity contribution in [1.29, 1.82) is 0 Å². The van der Waals surface area contributed by atoms with Crippen LogP contribution in [0.3, 0.4) is 0 Å². The summed E-state index contributed by atoms with van der Waals surface area (Å²) in [4.78, 5) is 30.2. The van der Waals surface area contributed by atoms with Crippen molar-refractivity contribution in [2.75, 3.05) is 26.8 Å². The lowest BCUT2D eigenvalue weighted by Crippen LogP contribution is -2.60. The molecule has 1 atom stereocenters. The maximum absolute atomic E-state index is 12.4. The smallest absolute Gasteiger partial charge is 0.272 e. The van der Waals surface area contributed by atoms with Crippen LogP contribution in [-0.4, -0.2) is 54.5 Å². The van der Waals surface area contributed by atoms with E-state index in [2.05, 4.69) is 10.3 Å². The molecular weight excluding hydrogens is 294 g/mol. The van der Waals surface area contributed by atoms with Gasteiger partial charge in [0.1, 0.15) is 12.3 Å². The molecule has 2 amide bonds. The first-order chi connectivity index (χ1) is 11.1. The number of nitrogens with one attached hydrogen (secondary N) is 1. The van der Waals surface area contributed by atoms with E-state index >= 15 is 0 Å². The number of rotatable bonds is 4. The van der Waals surface area contributed by atoms with Crippen molar-refractivity contribution in [1.82, 2.24) is 15.2 Å². The fourth-order valence-corrected chi connectivity index (χ4v) is 3.69. The van der Waals surface area contributed by atoms with E-state index in [1.807, 2.05) is 17.0 Å². The first-order valence-electron chi connectivity index (χ1n) is 8.13. The Labute approximate surface area is 136 Å². The Morgan fingerprint density at radius 2 is 2.13 bits per heavy atom. The van der Waals surface area contributed by atoms with E-state index in [4.69, 9.17) is 4.74 Å². The lowest BCUT2D eigenvalue weighted by Gasteiger charge is -2.54. The van der Waals surface area contributed by atoms with Crippen molar-refractivity contribution >= 4 is 11.8 Å². The summed E-state index contributed by atoms with van der Waals surface area (Å²) < 4.78 is 4.87. The van der Waals surface area contributed by atoms with Crippen LogP contribution in [0.1, 0.15) is 36.2 Å². The summed E-state index contributed by atoms with van der Waals surface area (Å²) >= 11 is 0. The number of likely N-dealkylation sites (tertiary alicyclic amines) is 1. The second kappa shape index (κ2) is 6.66. The highest BCUT2D eigenvalue weighted by Crippen LogP contribution is 2.49. The average Bonchev–Trinajstić information content (AvgIpc) is 2.59. The molecule has 1 saturated carbocycles. The monoisotopic (exact) mass is 317 g/mol. The van der Waals surface area contributed by atoms with Gasteiger partial charge in [0.05, 0.1) is 0 Å². The number of carbonyl (C=O) groups excluding carboxylic acids is 2. The number of hydrogen-bond donors (Lipinski definition) is 1. The number of nitrogens with zero attached hydrogens (tertiary/aromatic N) is 2. The van der Waals surface area contributed by atoms with Crippen LogP contribution in [0.2, 0.25) is 0 Å². The zero-order valence-corrected chi connectivity index (χ0v) is 13.5. The minimum Gasteiger partial charge on any atom is -0.375 e. The first-order valence-corrected chi connectivity index (χ1v) is 8.13. The summed E-state index contributed by atoms with van der Waals surface area (Å²) in [5, 5.41) is 3.07. The number of carbonyl (C=O) groups is 2. The fourth-order valence-electron chi connectivity index (χ4n) is 3.69. The van der Waals surface area contributed by atoms with Crippen LogP contribution in [-0.2, 0) is 9.53 Å². The first kappa shape index (κ1) is 15.9. The van der Waals surface area contributed by atoms with Crippen molar-refractivity contribution in [2.24, 2.45) is 5.41 Å². The molecule has 1 saturated heterocycles. The quantitative estimate of drug-likeness (QED) is 0.906. The third kappa shape index (κ3) is 3.22. The molecule has 6 nitrogen and oxygen atoms in total. The summed E-state index contributed by atoms with van der Waals surface area (Å²) in [6, 6.07) is 5.61. The van der Waals surface area contributed by atoms with E-state index in [-0.39, 0.29) is 29.9 Å². The lowest BCUT2D eigenvalue weighted by molar-refractivity contribution is -0.129. The average molecular weight is 317 g/mol. The molecule has 124 valence electrons. The molecule has 3 rings (SSSR count). The van der Waals surface area contributed by atoms with Crippen LogP contribution in [0.4, 0.5) is 0 Å². The van der Waals surface area contributed by atoms with Crippen molar-refractivity contribution < 1.29 is 14.3 Å². The number of amides is 2. The highest BCUT2D eigenvalue weighted by atomic mass is 16.5. The maximum atomic E-state index is 12.4. The predicted octanol–water partition coefficient (Wildman–Crippen LogP) is 1.23. The maximum Gasteiger partial charge on any atom is 0.272 e. The second-order valence-electron chi connectivity index (χ2n) is 6.46. The van der Waals surface area contributed by atoms with Gasteiger partial charge in [-0.15, -0.1) is 0 Å². The molecule has 2 fully saturated rings. The Bertz CT molecular complexity index is 568. The van der Waals surface area contributed by atoms with Crippen LogP contribution in [0.25, 0.3) is 0 Å². The van der Waals surface area contributed by atoms with Gasteiger partial charge >= 0.3 is 0 Å². The van der Waals surface area contributed by atoms with Crippen LogP contribution in [0.15, 0.2) is 24.4 Å². The highest BCUT2D eigenvalue weighted by molar-refractivity contribution is 5.92. The molecule has 6 heteroatoms. The van der Waals surface area contributed by atoms with Crippen molar-refractivity contribution in [3.63, 3.8) is 0 Å². The summed E-state index contributed by atoms with van der Waals surface area (Å²) in [6.45, 7) is 1.56. The molecule has 1 unspecified atom stereocenters. The Balaban J connectivity index is 1.56. The molecule has 1 spiro atoms. The number of piperidine rings is 1. The van der Waals surface area contributed by atoms with Gasteiger partial charge in [-0.1, -0.05) is 6.07 Å². The van der Waals surface area contributed by atoms with Gasteiger partial charge in [0, 0.05) is 32.4 Å². The van der Waals surface area contributed by atoms with E-state index in [0.717, 1.165) is 38.8 Å². The number of pyridine rings is 1. The Hall–Kier alpha value is -1.95. The van der Waals surface area contributed by atoms with Gasteiger partial charge in [-0.2, -0.15) is 0 Å². The molecule has 2 heterocycles. The number of aromatic nitrogens is 1. The van der Waals surface area contributed by atoms with Crippen LogP contribution in [0, 0.1) is 5.41 Å². The van der Waals surface area contributed by atoms with Crippen LogP contribution < -0.4 is 5.32 Å². The fraction of sp³-hybridized carbons (Fsp3) is 0.588. The minimum atomic E-state index is -0.0523. The van der Waals surface area contributed by atoms with Crippen LogP contribution in [0.5, 0.6) is 0 Å². The molecular formula is C17H23N3O3. The molecule has 2 aliphatic rings. The highest BCUT2D eigenvalue weighted by Gasteiger charge is 2.49. The molecule has 1 aromatic heterocycles. The molecule has 0 radical (unpaired) electrons. The molecule has 0 aromatic carbocycles. The van der Waals surface area contributed by atoms with Gasteiger partial charge in [0.2, 0.25) is 5.91 Å². The normalized spacial score (nSPS) is 22.5. The summed E-state index contributed by atoms with van der Waals surface area (Å²) in [5.41, 5.74) is 0.659. The van der Waals surface area contributed by atoms with Gasteiger partial charge in [-0.05, 0) is 43.2 Å². The zero-order valence-electron chi connectivity index (χ0n) is 13.5. The van der Waals surface area contributed by atoms with Crippen LogP contribution >= 0.6 is 0 Å². The molecule has 1 aliphatic heterocycles. The topological polar surface area (TPSA) is 71.5 Å². The van der Waals surface area contributed by atoms with Crippen molar-refractivity contribution in [3.05, 3.63) is 30.1 Å². The van der Waals surface area contributed by atoms with Crippen molar-refractivity contribution in [2.45, 2.75) is 31.7 Å². The van der Waals surface area contributed by atoms with Gasteiger partial charge in [-0.3, -0.25) is 14.6 Å². The summed E-state index contributed by atoms with van der Waals surface area (Å²) in [6.07, 6.45) is 5.65. The third-order valence-corrected chi connectivity index (χ3v) is 5.21. The van der Waals surface area contributed by atoms with Crippen molar-refractivity contribution in [3.8, 4) is 0 Å². The number of ether oxygens (including phenoxy) is 1. The largest absolute Gasteiger partial charge is 0.375 e. The molecule has 0 bridgehead atoms. The van der Waals surface area contributed by atoms with Gasteiger partial charge in [0.15, 0.2) is 0 Å². The SMILES string of the molecule is COCC(=O)NC1CCC12CCN(C(=O)c1ccccn1)CC2. The number of methoxy groups -OCH3 is 1. The minimum absolute atomic E-state index is 0.000239.